The van der Waals surface area contributed by atoms with Gasteiger partial charge in [-0.05, 0) is 47.0 Å². The summed E-state index contributed by atoms with van der Waals surface area (Å²) in [5, 5.41) is 4.74. The maximum Gasteiger partial charge on any atom is 0.240 e. The van der Waals surface area contributed by atoms with Gasteiger partial charge in [0.25, 0.3) is 0 Å². The Kier molecular flexibility index (Phi) is 15.6. The maximum atomic E-state index is 12.7. The first-order valence-electron chi connectivity index (χ1n) is 13.1. The zero-order valence-electron chi connectivity index (χ0n) is 25.3. The smallest absolute Gasteiger partial charge is 0.240 e. The Hall–Kier alpha value is -3.36. The molecule has 4 unspecified atom stereocenters. The minimum absolute atomic E-state index is 0.118. The second-order valence-corrected chi connectivity index (χ2v) is 18.5. The standard InChI is InChI=1S/C25H40N4O12S4/c1-9-42(34,35)16(5)22(30)26-20(27-23(31)17(6)43(36,37)10-2)14-13-15-21(28-24(32)18(7)44(38,39)11-3)29-25(33)19(8)45(40,41)12-4/h9-12,16-21H,1-4,13-15H2,5-8H3,(H,26,30)(H,27,31)(H,28,32)(H,29,33). The minimum Gasteiger partial charge on any atom is -0.335 e. The lowest BCUT2D eigenvalue weighted by atomic mass is 10.1. The van der Waals surface area contributed by atoms with E-state index in [4.69, 9.17) is 0 Å². The highest BCUT2D eigenvalue weighted by Gasteiger charge is 2.33. The SMILES string of the molecule is C=CS(=O)(=O)C(C)C(=O)NC(CCCC(NC(=O)C(C)S(=O)(=O)C=C)NC(=O)C(C)S(=O)(=O)C=C)NC(=O)C(C)S(=O)(=O)C=C. The molecule has 4 N–H and O–H groups in total. The first kappa shape index (κ1) is 41.6. The molecule has 16 nitrogen and oxygen atoms in total. The van der Waals surface area contributed by atoms with Crippen LogP contribution in [0.25, 0.3) is 0 Å². The van der Waals surface area contributed by atoms with Crippen molar-refractivity contribution in [1.29, 1.82) is 0 Å². The molecular weight excluding hydrogens is 677 g/mol. The van der Waals surface area contributed by atoms with Gasteiger partial charge in [0.05, 0.1) is 0 Å². The summed E-state index contributed by atoms with van der Waals surface area (Å²) in [7, 11) is -16.4. The van der Waals surface area contributed by atoms with Crippen LogP contribution in [-0.4, -0.2) is 90.6 Å². The summed E-state index contributed by atoms with van der Waals surface area (Å²) >= 11 is 0. The van der Waals surface area contributed by atoms with Crippen LogP contribution in [0.4, 0.5) is 0 Å². The van der Waals surface area contributed by atoms with Crippen LogP contribution < -0.4 is 21.3 Å². The Morgan fingerprint density at radius 1 is 0.467 bits per heavy atom. The molecule has 0 spiro atoms. The van der Waals surface area contributed by atoms with Gasteiger partial charge in [0.15, 0.2) is 39.3 Å². The van der Waals surface area contributed by atoms with Gasteiger partial charge in [0, 0.05) is 21.6 Å². The third-order valence-corrected chi connectivity index (χ3v) is 13.3. The summed E-state index contributed by atoms with van der Waals surface area (Å²) in [4.78, 5) is 50.7. The summed E-state index contributed by atoms with van der Waals surface area (Å²) in [6.07, 6.45) is -3.39. The van der Waals surface area contributed by atoms with Crippen LogP contribution in [-0.2, 0) is 58.5 Å². The molecule has 0 radical (unpaired) electrons. The van der Waals surface area contributed by atoms with E-state index < -0.39 is 96.3 Å². The van der Waals surface area contributed by atoms with Crippen LogP contribution in [0.3, 0.4) is 0 Å². The van der Waals surface area contributed by atoms with E-state index >= 15 is 0 Å². The predicted molar refractivity (Wildman–Crippen MR) is 168 cm³/mol. The highest BCUT2D eigenvalue weighted by Crippen LogP contribution is 2.11. The maximum absolute atomic E-state index is 12.7. The van der Waals surface area contributed by atoms with Crippen LogP contribution in [0.5, 0.6) is 0 Å². The quantitative estimate of drug-likeness (QED) is 0.111. The lowest BCUT2D eigenvalue weighted by molar-refractivity contribution is -0.125. The van der Waals surface area contributed by atoms with E-state index in [2.05, 4.69) is 47.6 Å². The summed E-state index contributed by atoms with van der Waals surface area (Å²) < 4.78 is 96.7. The molecule has 0 aromatic heterocycles. The molecule has 0 aromatic carbocycles. The first-order chi connectivity index (χ1) is 20.4. The molecular formula is C25H40N4O12S4. The highest BCUT2D eigenvalue weighted by molar-refractivity contribution is 7.96. The van der Waals surface area contributed by atoms with Crippen LogP contribution in [0.15, 0.2) is 47.9 Å². The van der Waals surface area contributed by atoms with E-state index in [1.54, 1.807) is 0 Å². The van der Waals surface area contributed by atoms with Gasteiger partial charge in [0.1, 0.15) is 33.3 Å². The molecule has 0 aromatic rings. The average molecular weight is 717 g/mol. The Labute approximate surface area is 264 Å². The zero-order valence-corrected chi connectivity index (χ0v) is 28.5. The lowest BCUT2D eigenvalue weighted by Gasteiger charge is -2.26. The molecule has 0 saturated heterocycles. The number of nitrogens with one attached hydrogen (secondary N) is 4. The fourth-order valence-electron chi connectivity index (χ4n) is 3.22. The van der Waals surface area contributed by atoms with E-state index in [0.717, 1.165) is 27.7 Å². The van der Waals surface area contributed by atoms with Crippen molar-refractivity contribution in [3.8, 4) is 0 Å². The van der Waals surface area contributed by atoms with Crippen molar-refractivity contribution in [2.24, 2.45) is 0 Å². The van der Waals surface area contributed by atoms with Gasteiger partial charge >= 0.3 is 0 Å². The molecule has 20 heteroatoms. The normalized spacial score (nSPS) is 16.3. The number of sulfone groups is 4. The van der Waals surface area contributed by atoms with Crippen LogP contribution in [0, 0.1) is 0 Å². The molecule has 0 aliphatic rings. The summed E-state index contributed by atoms with van der Waals surface area (Å²) in [5.41, 5.74) is 0. The number of carbonyl (C=O) groups excluding carboxylic acids is 4. The Morgan fingerprint density at radius 3 is 0.800 bits per heavy atom. The molecule has 0 bridgehead atoms. The number of hydrogen-bond acceptors (Lipinski definition) is 12. The molecule has 0 saturated carbocycles. The molecule has 0 aliphatic heterocycles. The van der Waals surface area contributed by atoms with E-state index in [1.807, 2.05) is 0 Å². The minimum atomic E-state index is -4.10. The zero-order chi connectivity index (χ0) is 35.6. The van der Waals surface area contributed by atoms with Crippen molar-refractivity contribution in [2.45, 2.75) is 80.3 Å². The molecule has 0 rings (SSSR count). The van der Waals surface area contributed by atoms with Crippen molar-refractivity contribution in [2.75, 3.05) is 0 Å². The van der Waals surface area contributed by atoms with E-state index in [1.165, 1.54) is 0 Å². The topological polar surface area (TPSA) is 253 Å². The Balaban J connectivity index is 6.23. The molecule has 45 heavy (non-hydrogen) atoms. The molecule has 0 heterocycles. The number of amides is 4. The van der Waals surface area contributed by atoms with Crippen molar-refractivity contribution >= 4 is 63.0 Å². The van der Waals surface area contributed by atoms with E-state index in [9.17, 15) is 52.8 Å². The Morgan fingerprint density at radius 2 is 0.644 bits per heavy atom. The third-order valence-electron chi connectivity index (χ3n) is 6.63. The molecule has 4 amide bonds. The van der Waals surface area contributed by atoms with Gasteiger partial charge in [-0.3, -0.25) is 19.2 Å². The second-order valence-electron chi connectivity index (χ2n) is 9.66. The van der Waals surface area contributed by atoms with Crippen molar-refractivity contribution in [3.05, 3.63) is 47.9 Å². The summed E-state index contributed by atoms with van der Waals surface area (Å²) in [6.45, 7) is 16.7. The monoisotopic (exact) mass is 716 g/mol. The molecule has 0 fully saturated rings. The van der Waals surface area contributed by atoms with Gasteiger partial charge in [-0.2, -0.15) is 0 Å². The Bertz CT molecular complexity index is 1380. The molecule has 0 aliphatic carbocycles. The summed E-state index contributed by atoms with van der Waals surface area (Å²) in [6, 6.07) is 0. The van der Waals surface area contributed by atoms with Crippen LogP contribution in [0.2, 0.25) is 0 Å². The number of hydrogen-bond donors (Lipinski definition) is 4. The van der Waals surface area contributed by atoms with Gasteiger partial charge < -0.3 is 21.3 Å². The first-order valence-corrected chi connectivity index (χ1v) is 19.5. The highest BCUT2D eigenvalue weighted by atomic mass is 32.2. The van der Waals surface area contributed by atoms with Gasteiger partial charge in [-0.15, -0.1) is 0 Å². The fraction of sp³-hybridized carbons (Fsp3) is 0.520. The van der Waals surface area contributed by atoms with E-state index in [0.29, 0.717) is 21.6 Å². The second kappa shape index (κ2) is 16.8. The third kappa shape index (κ3) is 12.2. The largest absolute Gasteiger partial charge is 0.335 e. The van der Waals surface area contributed by atoms with Gasteiger partial charge in [-0.1, -0.05) is 26.3 Å². The number of rotatable bonds is 20. The molecule has 4 atom stereocenters. The van der Waals surface area contributed by atoms with Gasteiger partial charge in [-0.25, -0.2) is 33.7 Å². The van der Waals surface area contributed by atoms with Crippen molar-refractivity contribution < 1.29 is 52.8 Å². The number of carbonyl (C=O) groups is 4. The lowest BCUT2D eigenvalue weighted by Crippen LogP contribution is -2.55. The predicted octanol–water partition coefficient (Wildman–Crippen LogP) is -0.939. The van der Waals surface area contributed by atoms with Crippen LogP contribution >= 0.6 is 0 Å². The summed E-state index contributed by atoms with van der Waals surface area (Å²) in [5.74, 6) is -4.32. The fourth-order valence-corrected chi connectivity index (χ4v) is 5.84. The van der Waals surface area contributed by atoms with Crippen LogP contribution in [0.1, 0.15) is 47.0 Å². The van der Waals surface area contributed by atoms with Gasteiger partial charge in [0.2, 0.25) is 23.6 Å². The van der Waals surface area contributed by atoms with Crippen molar-refractivity contribution in [3.63, 3.8) is 0 Å². The van der Waals surface area contributed by atoms with E-state index in [-0.39, 0.29) is 19.3 Å². The average Bonchev–Trinajstić information content (AvgIpc) is 2.98. The molecule has 256 valence electrons. The van der Waals surface area contributed by atoms with Crippen molar-refractivity contribution in [1.82, 2.24) is 21.3 Å².